The van der Waals surface area contributed by atoms with Crippen molar-refractivity contribution in [3.63, 3.8) is 0 Å². The third-order valence-corrected chi connectivity index (χ3v) is 6.85. The van der Waals surface area contributed by atoms with Crippen molar-refractivity contribution in [2.75, 3.05) is 25.0 Å². The van der Waals surface area contributed by atoms with Crippen molar-refractivity contribution in [2.45, 2.75) is 57.0 Å². The minimum Gasteiger partial charge on any atom is -0.465 e. The summed E-state index contributed by atoms with van der Waals surface area (Å²) in [6.45, 7) is 0.677. The highest BCUT2D eigenvalue weighted by Gasteiger charge is 2.27. The predicted molar refractivity (Wildman–Crippen MR) is 132 cm³/mol. The van der Waals surface area contributed by atoms with Crippen LogP contribution in [0.2, 0.25) is 5.02 Å². The highest BCUT2D eigenvalue weighted by Crippen LogP contribution is 2.37. The molecule has 2 aliphatic rings. The molecule has 0 bridgehead atoms. The summed E-state index contributed by atoms with van der Waals surface area (Å²) in [5, 5.41) is 25.1. The maximum absolute atomic E-state index is 11.9. The largest absolute Gasteiger partial charge is 0.465 e. The van der Waals surface area contributed by atoms with Crippen molar-refractivity contribution in [1.29, 1.82) is 0 Å². The first kappa shape index (κ1) is 25.2. The summed E-state index contributed by atoms with van der Waals surface area (Å²) in [5.41, 5.74) is 2.85. The van der Waals surface area contributed by atoms with Gasteiger partial charge in [-0.15, -0.1) is 0 Å². The lowest BCUT2D eigenvalue weighted by Crippen LogP contribution is -2.43. The first-order valence-corrected chi connectivity index (χ1v) is 12.5. The molecular weight excluding hydrogens is 472 g/mol. The van der Waals surface area contributed by atoms with E-state index in [1.54, 1.807) is 6.20 Å². The van der Waals surface area contributed by atoms with Gasteiger partial charge in [0, 0.05) is 43.5 Å². The molecule has 2 aromatic rings. The molecule has 2 saturated carbocycles. The molecule has 0 atom stereocenters. The van der Waals surface area contributed by atoms with Gasteiger partial charge in [-0.05, 0) is 50.9 Å². The second kappa shape index (κ2) is 11.7. The van der Waals surface area contributed by atoms with Crippen LogP contribution in [0.25, 0.3) is 11.3 Å². The van der Waals surface area contributed by atoms with E-state index in [0.29, 0.717) is 16.7 Å². The van der Waals surface area contributed by atoms with Crippen molar-refractivity contribution >= 4 is 29.5 Å². The molecule has 5 N–H and O–H groups in total. The molecule has 0 aromatic carbocycles. The summed E-state index contributed by atoms with van der Waals surface area (Å²) in [5.74, 6) is 1.15. The van der Waals surface area contributed by atoms with Crippen LogP contribution in [0.4, 0.5) is 10.7 Å². The number of aromatic nitrogens is 4. The average molecular weight is 505 g/mol. The standard InChI is InChI=1S/C23H33ClN8O3/c1-32-19(10-14-2-3-14)17(11-29-32)21-18(24)12-28-22(31-21)30-16-6-4-15(5-7-16)27-13-20(33)25-8-9-26-23(34)35/h11-12,14-16,26-27H,2-10,13H2,1H3,(H,25,33)(H,34,35)(H,28,30,31). The van der Waals surface area contributed by atoms with Crippen LogP contribution >= 0.6 is 11.6 Å². The van der Waals surface area contributed by atoms with E-state index >= 15 is 0 Å². The average Bonchev–Trinajstić information content (AvgIpc) is 3.59. The predicted octanol–water partition coefficient (Wildman–Crippen LogP) is 2.18. The van der Waals surface area contributed by atoms with Gasteiger partial charge in [-0.2, -0.15) is 5.10 Å². The van der Waals surface area contributed by atoms with E-state index in [-0.39, 0.29) is 37.6 Å². The van der Waals surface area contributed by atoms with E-state index in [1.807, 2.05) is 17.9 Å². The molecule has 11 nitrogen and oxygen atoms in total. The molecule has 2 aromatic heterocycles. The van der Waals surface area contributed by atoms with E-state index in [9.17, 15) is 9.59 Å². The van der Waals surface area contributed by atoms with Crippen LogP contribution in [0, 0.1) is 5.92 Å². The summed E-state index contributed by atoms with van der Waals surface area (Å²) < 4.78 is 1.92. The number of rotatable bonds is 11. The summed E-state index contributed by atoms with van der Waals surface area (Å²) >= 11 is 6.48. The zero-order valence-corrected chi connectivity index (χ0v) is 20.6. The monoisotopic (exact) mass is 504 g/mol. The van der Waals surface area contributed by atoms with Gasteiger partial charge in [0.25, 0.3) is 0 Å². The lowest BCUT2D eigenvalue weighted by molar-refractivity contribution is -0.120. The van der Waals surface area contributed by atoms with Gasteiger partial charge in [0.2, 0.25) is 11.9 Å². The van der Waals surface area contributed by atoms with Gasteiger partial charge in [-0.3, -0.25) is 9.48 Å². The Kier molecular flexibility index (Phi) is 8.40. The Morgan fingerprint density at radius 2 is 1.80 bits per heavy atom. The van der Waals surface area contributed by atoms with Gasteiger partial charge in [0.1, 0.15) is 0 Å². The number of hydrogen-bond donors (Lipinski definition) is 5. The zero-order valence-electron chi connectivity index (χ0n) is 19.9. The number of nitrogens with one attached hydrogen (secondary N) is 4. The Morgan fingerprint density at radius 3 is 2.51 bits per heavy atom. The van der Waals surface area contributed by atoms with Crippen molar-refractivity contribution in [3.8, 4) is 11.3 Å². The SMILES string of the molecule is Cn1ncc(-c2nc(NC3CCC(NCC(=O)NCCNC(=O)O)CC3)ncc2Cl)c1CC1CC1. The van der Waals surface area contributed by atoms with Crippen LogP contribution in [0.15, 0.2) is 12.4 Å². The van der Waals surface area contributed by atoms with Gasteiger partial charge in [0.05, 0.1) is 29.7 Å². The van der Waals surface area contributed by atoms with Gasteiger partial charge in [-0.1, -0.05) is 11.6 Å². The Hall–Kier alpha value is -2.92. The Bertz CT molecular complexity index is 1030. The van der Waals surface area contributed by atoms with Crippen LogP contribution in [0.5, 0.6) is 0 Å². The summed E-state index contributed by atoms with van der Waals surface area (Å²) in [7, 11) is 1.96. The number of carbonyl (C=O) groups excluding carboxylic acids is 1. The summed E-state index contributed by atoms with van der Waals surface area (Å²) in [4.78, 5) is 31.5. The molecule has 2 aliphatic carbocycles. The number of carboxylic acid groups (broad SMARTS) is 1. The number of aryl methyl sites for hydroxylation is 1. The van der Waals surface area contributed by atoms with Crippen molar-refractivity contribution in [2.24, 2.45) is 13.0 Å². The molecule has 4 rings (SSSR count). The number of anilines is 1. The number of amides is 2. The molecule has 0 saturated heterocycles. The maximum atomic E-state index is 11.9. The molecule has 0 radical (unpaired) electrons. The van der Waals surface area contributed by atoms with Crippen LogP contribution in [-0.4, -0.2) is 68.6 Å². The fourth-order valence-electron chi connectivity index (χ4n) is 4.42. The smallest absolute Gasteiger partial charge is 0.404 e. The number of carbonyl (C=O) groups is 2. The minimum absolute atomic E-state index is 0.143. The fraction of sp³-hybridized carbons (Fsp3) is 0.609. The van der Waals surface area contributed by atoms with Gasteiger partial charge in [0.15, 0.2) is 0 Å². The molecule has 2 heterocycles. The second-order valence-electron chi connectivity index (χ2n) is 9.32. The number of halogens is 1. The van der Waals surface area contributed by atoms with Gasteiger partial charge < -0.3 is 26.4 Å². The minimum atomic E-state index is -1.10. The third-order valence-electron chi connectivity index (χ3n) is 6.57. The second-order valence-corrected chi connectivity index (χ2v) is 9.73. The van der Waals surface area contributed by atoms with Crippen molar-refractivity contribution < 1.29 is 14.7 Å². The fourth-order valence-corrected chi connectivity index (χ4v) is 4.61. The first-order chi connectivity index (χ1) is 16.9. The lowest BCUT2D eigenvalue weighted by Gasteiger charge is -2.29. The maximum Gasteiger partial charge on any atom is 0.404 e. The summed E-state index contributed by atoms with van der Waals surface area (Å²) in [6.07, 6.45) is 9.64. The van der Waals surface area contributed by atoms with E-state index in [4.69, 9.17) is 21.7 Å². The van der Waals surface area contributed by atoms with Crippen LogP contribution < -0.4 is 21.3 Å². The lowest BCUT2D eigenvalue weighted by atomic mass is 9.91. The van der Waals surface area contributed by atoms with Crippen molar-refractivity contribution in [1.82, 2.24) is 35.7 Å². The quantitative estimate of drug-likeness (QED) is 0.293. The molecular formula is C23H33ClN8O3. The molecule has 2 amide bonds. The Balaban J connectivity index is 1.25. The molecule has 190 valence electrons. The van der Waals surface area contributed by atoms with Crippen molar-refractivity contribution in [3.05, 3.63) is 23.1 Å². The highest BCUT2D eigenvalue weighted by molar-refractivity contribution is 6.32. The van der Waals surface area contributed by atoms with Crippen LogP contribution in [0.1, 0.15) is 44.2 Å². The number of nitrogens with zero attached hydrogens (tertiary/aromatic N) is 4. The molecule has 12 heteroatoms. The molecule has 2 fully saturated rings. The Labute approximate surface area is 209 Å². The van der Waals surface area contributed by atoms with E-state index < -0.39 is 6.09 Å². The first-order valence-electron chi connectivity index (χ1n) is 12.2. The highest BCUT2D eigenvalue weighted by atomic mass is 35.5. The van der Waals surface area contributed by atoms with Gasteiger partial charge >= 0.3 is 6.09 Å². The molecule has 35 heavy (non-hydrogen) atoms. The van der Waals surface area contributed by atoms with Crippen LogP contribution in [-0.2, 0) is 18.3 Å². The van der Waals surface area contributed by atoms with E-state index in [2.05, 4.69) is 31.3 Å². The molecule has 0 aliphatic heterocycles. The topological polar surface area (TPSA) is 146 Å². The van der Waals surface area contributed by atoms with Gasteiger partial charge in [-0.25, -0.2) is 14.8 Å². The van der Waals surface area contributed by atoms with E-state index in [0.717, 1.165) is 49.3 Å². The molecule has 0 unspecified atom stereocenters. The summed E-state index contributed by atoms with van der Waals surface area (Å²) in [6, 6.07) is 0.510. The van der Waals surface area contributed by atoms with Crippen LogP contribution in [0.3, 0.4) is 0 Å². The number of hydrogen-bond acceptors (Lipinski definition) is 7. The Morgan fingerprint density at radius 1 is 1.09 bits per heavy atom. The van der Waals surface area contributed by atoms with E-state index in [1.165, 1.54) is 12.8 Å². The zero-order chi connectivity index (χ0) is 24.8. The molecule has 0 spiro atoms. The third kappa shape index (κ3) is 7.28. The normalized spacial score (nSPS) is 19.8.